The zero-order chi connectivity index (χ0) is 16.3. The predicted molar refractivity (Wildman–Crippen MR) is 91.5 cm³/mol. The molecule has 2 aliphatic heterocycles. The molecule has 1 aromatic rings. The van der Waals surface area contributed by atoms with Crippen LogP contribution < -0.4 is 10.2 Å². The number of carbonyl (C=O) groups is 1. The number of hydrogen-bond donors (Lipinski definition) is 1. The summed E-state index contributed by atoms with van der Waals surface area (Å²) in [5.74, 6) is 0.235. The SMILES string of the molecule is CN(Cc1ccccc1N1CCOCC1)C(=O)C1(C)CCNC1. The third kappa shape index (κ3) is 3.51. The van der Waals surface area contributed by atoms with Crippen LogP contribution in [0.15, 0.2) is 24.3 Å². The predicted octanol–water partition coefficient (Wildman–Crippen LogP) is 1.48. The van der Waals surface area contributed by atoms with Gasteiger partial charge in [0, 0.05) is 38.9 Å². The molecule has 3 rings (SSSR count). The number of hydrogen-bond acceptors (Lipinski definition) is 4. The zero-order valence-electron chi connectivity index (χ0n) is 14.2. The number of nitrogens with one attached hydrogen (secondary N) is 1. The van der Waals surface area contributed by atoms with Gasteiger partial charge in [0.2, 0.25) is 5.91 Å². The van der Waals surface area contributed by atoms with Crippen molar-refractivity contribution in [3.8, 4) is 0 Å². The molecule has 2 aliphatic rings. The first kappa shape index (κ1) is 16.3. The molecule has 5 nitrogen and oxygen atoms in total. The van der Waals surface area contributed by atoms with Gasteiger partial charge in [-0.2, -0.15) is 0 Å². The lowest BCUT2D eigenvalue weighted by atomic mass is 9.88. The second-order valence-electron chi connectivity index (χ2n) is 6.88. The zero-order valence-corrected chi connectivity index (χ0v) is 14.2. The van der Waals surface area contributed by atoms with Crippen molar-refractivity contribution in [2.45, 2.75) is 19.9 Å². The van der Waals surface area contributed by atoms with Crippen molar-refractivity contribution in [1.29, 1.82) is 0 Å². The number of amides is 1. The molecule has 0 saturated carbocycles. The Bertz CT molecular complexity index is 549. The molecule has 0 aromatic heterocycles. The lowest BCUT2D eigenvalue weighted by Gasteiger charge is -2.33. The number of carbonyl (C=O) groups excluding carboxylic acids is 1. The van der Waals surface area contributed by atoms with Crippen molar-refractivity contribution in [1.82, 2.24) is 10.2 Å². The molecule has 23 heavy (non-hydrogen) atoms. The average Bonchev–Trinajstić information content (AvgIpc) is 3.03. The molecule has 1 N–H and O–H groups in total. The summed E-state index contributed by atoms with van der Waals surface area (Å²) in [5, 5.41) is 3.31. The van der Waals surface area contributed by atoms with E-state index < -0.39 is 0 Å². The van der Waals surface area contributed by atoms with Crippen LogP contribution in [0, 0.1) is 5.41 Å². The first-order valence-electron chi connectivity index (χ1n) is 8.47. The molecule has 1 amide bonds. The number of benzene rings is 1. The molecule has 0 aliphatic carbocycles. The van der Waals surface area contributed by atoms with Crippen LogP contribution in [-0.4, -0.2) is 57.2 Å². The van der Waals surface area contributed by atoms with Crippen LogP contribution in [0.4, 0.5) is 5.69 Å². The lowest BCUT2D eigenvalue weighted by Crippen LogP contribution is -2.42. The molecule has 1 atom stereocenters. The Balaban J connectivity index is 1.73. The van der Waals surface area contributed by atoms with E-state index in [0.29, 0.717) is 6.54 Å². The molecule has 2 heterocycles. The second kappa shape index (κ2) is 6.89. The summed E-state index contributed by atoms with van der Waals surface area (Å²) in [7, 11) is 1.92. The van der Waals surface area contributed by atoms with Crippen LogP contribution in [0.25, 0.3) is 0 Å². The van der Waals surface area contributed by atoms with E-state index in [9.17, 15) is 4.79 Å². The fourth-order valence-corrected chi connectivity index (χ4v) is 3.54. The number of para-hydroxylation sites is 1. The van der Waals surface area contributed by atoms with Gasteiger partial charge in [0.1, 0.15) is 0 Å². The number of anilines is 1. The number of morpholine rings is 1. The van der Waals surface area contributed by atoms with Crippen molar-refractivity contribution in [2.24, 2.45) is 5.41 Å². The minimum atomic E-state index is -0.261. The highest BCUT2D eigenvalue weighted by molar-refractivity contribution is 5.83. The minimum Gasteiger partial charge on any atom is -0.378 e. The quantitative estimate of drug-likeness (QED) is 0.914. The molecule has 2 saturated heterocycles. The van der Waals surface area contributed by atoms with Gasteiger partial charge in [-0.25, -0.2) is 0 Å². The lowest BCUT2D eigenvalue weighted by molar-refractivity contribution is -0.139. The van der Waals surface area contributed by atoms with E-state index in [2.05, 4.69) is 41.4 Å². The summed E-state index contributed by atoms with van der Waals surface area (Å²) in [6.45, 7) is 7.80. The third-order valence-electron chi connectivity index (χ3n) is 4.98. The summed E-state index contributed by atoms with van der Waals surface area (Å²) in [6, 6.07) is 8.40. The maximum absolute atomic E-state index is 12.8. The van der Waals surface area contributed by atoms with Gasteiger partial charge in [-0.1, -0.05) is 18.2 Å². The van der Waals surface area contributed by atoms with Gasteiger partial charge < -0.3 is 19.9 Å². The molecular formula is C18H27N3O2. The first-order chi connectivity index (χ1) is 11.1. The van der Waals surface area contributed by atoms with E-state index in [-0.39, 0.29) is 11.3 Å². The third-order valence-corrected chi connectivity index (χ3v) is 4.98. The highest BCUT2D eigenvalue weighted by Crippen LogP contribution is 2.29. The van der Waals surface area contributed by atoms with Gasteiger partial charge in [0.15, 0.2) is 0 Å². The number of nitrogens with zero attached hydrogens (tertiary/aromatic N) is 2. The Labute approximate surface area is 138 Å². The summed E-state index contributed by atoms with van der Waals surface area (Å²) in [4.78, 5) is 17.0. The van der Waals surface area contributed by atoms with Crippen molar-refractivity contribution in [2.75, 3.05) is 51.3 Å². The van der Waals surface area contributed by atoms with E-state index in [1.807, 2.05) is 11.9 Å². The number of rotatable bonds is 4. The molecule has 126 valence electrons. The summed E-state index contributed by atoms with van der Waals surface area (Å²) in [6.07, 6.45) is 0.918. The van der Waals surface area contributed by atoms with Gasteiger partial charge in [-0.15, -0.1) is 0 Å². The first-order valence-corrected chi connectivity index (χ1v) is 8.47. The van der Waals surface area contributed by atoms with Gasteiger partial charge in [0.05, 0.1) is 18.6 Å². The summed E-state index contributed by atoms with van der Waals surface area (Å²) >= 11 is 0. The van der Waals surface area contributed by atoms with Crippen molar-refractivity contribution in [3.63, 3.8) is 0 Å². The van der Waals surface area contributed by atoms with E-state index in [0.717, 1.165) is 45.8 Å². The Hall–Kier alpha value is -1.59. The number of ether oxygens (including phenoxy) is 1. The second-order valence-corrected chi connectivity index (χ2v) is 6.88. The van der Waals surface area contributed by atoms with Gasteiger partial charge in [-0.3, -0.25) is 4.79 Å². The van der Waals surface area contributed by atoms with E-state index in [4.69, 9.17) is 4.74 Å². The van der Waals surface area contributed by atoms with Crippen LogP contribution in [0.2, 0.25) is 0 Å². The van der Waals surface area contributed by atoms with E-state index in [1.54, 1.807) is 0 Å². The van der Waals surface area contributed by atoms with Gasteiger partial charge in [0.25, 0.3) is 0 Å². The minimum absolute atomic E-state index is 0.235. The molecule has 0 radical (unpaired) electrons. The summed E-state index contributed by atoms with van der Waals surface area (Å²) in [5.41, 5.74) is 2.17. The van der Waals surface area contributed by atoms with Crippen molar-refractivity contribution in [3.05, 3.63) is 29.8 Å². The van der Waals surface area contributed by atoms with Gasteiger partial charge in [-0.05, 0) is 31.5 Å². The summed E-state index contributed by atoms with van der Waals surface area (Å²) < 4.78 is 5.45. The smallest absolute Gasteiger partial charge is 0.229 e. The molecule has 5 heteroatoms. The maximum Gasteiger partial charge on any atom is 0.229 e. The van der Waals surface area contributed by atoms with Crippen molar-refractivity contribution >= 4 is 11.6 Å². The highest BCUT2D eigenvalue weighted by Gasteiger charge is 2.38. The van der Waals surface area contributed by atoms with Crippen LogP contribution in [-0.2, 0) is 16.1 Å². The van der Waals surface area contributed by atoms with Crippen LogP contribution in [0.1, 0.15) is 18.9 Å². The normalized spacial score (nSPS) is 24.7. The Morgan fingerprint density at radius 3 is 2.78 bits per heavy atom. The van der Waals surface area contributed by atoms with Crippen LogP contribution in [0.5, 0.6) is 0 Å². The molecule has 1 unspecified atom stereocenters. The molecule has 0 spiro atoms. The fourth-order valence-electron chi connectivity index (χ4n) is 3.54. The highest BCUT2D eigenvalue weighted by atomic mass is 16.5. The molecule has 1 aromatic carbocycles. The monoisotopic (exact) mass is 317 g/mol. The molecule has 2 fully saturated rings. The van der Waals surface area contributed by atoms with Crippen LogP contribution >= 0.6 is 0 Å². The standard InChI is InChI=1S/C18H27N3O2/c1-18(7-8-19-14-18)17(22)20(2)13-15-5-3-4-6-16(15)21-9-11-23-12-10-21/h3-6,19H,7-14H2,1-2H3. The average molecular weight is 317 g/mol. The molecule has 0 bridgehead atoms. The van der Waals surface area contributed by atoms with Crippen molar-refractivity contribution < 1.29 is 9.53 Å². The fraction of sp³-hybridized carbons (Fsp3) is 0.611. The van der Waals surface area contributed by atoms with E-state index >= 15 is 0 Å². The van der Waals surface area contributed by atoms with Gasteiger partial charge >= 0.3 is 0 Å². The Morgan fingerprint density at radius 1 is 1.35 bits per heavy atom. The van der Waals surface area contributed by atoms with E-state index in [1.165, 1.54) is 11.3 Å². The largest absolute Gasteiger partial charge is 0.378 e. The Kier molecular flexibility index (Phi) is 4.87. The van der Waals surface area contributed by atoms with Crippen LogP contribution in [0.3, 0.4) is 0 Å². The topological polar surface area (TPSA) is 44.8 Å². The maximum atomic E-state index is 12.8. The Morgan fingerprint density at radius 2 is 2.09 bits per heavy atom. The molecular weight excluding hydrogens is 290 g/mol.